The predicted octanol–water partition coefficient (Wildman–Crippen LogP) is 6.99. The average Bonchev–Trinajstić information content (AvgIpc) is 2.62. The summed E-state index contributed by atoms with van der Waals surface area (Å²) in [4.78, 5) is 0. The fourth-order valence-electron chi connectivity index (χ4n) is 3.47. The highest BCUT2D eigenvalue weighted by molar-refractivity contribution is 6.70. The van der Waals surface area contributed by atoms with Crippen LogP contribution in [-0.4, -0.2) is 20.8 Å². The van der Waals surface area contributed by atoms with Gasteiger partial charge >= 0.3 is 8.56 Å². The minimum atomic E-state index is -2.49. The number of benzene rings is 1. The first-order valence-electron chi connectivity index (χ1n) is 10.2. The summed E-state index contributed by atoms with van der Waals surface area (Å²) < 4.78 is 13.7. The van der Waals surface area contributed by atoms with Crippen LogP contribution >= 0.6 is 0 Å². The first-order chi connectivity index (χ1) is 12.9. The van der Waals surface area contributed by atoms with Crippen molar-refractivity contribution in [3.05, 3.63) is 72.9 Å². The molecule has 0 radical (unpaired) electrons. The largest absolute Gasteiger partial charge is 0.390 e. The monoisotopic (exact) mass is 386 g/mol. The summed E-state index contributed by atoms with van der Waals surface area (Å²) in [6.45, 7) is 17.0. The van der Waals surface area contributed by atoms with Gasteiger partial charge in [-0.05, 0) is 43.3 Å². The van der Waals surface area contributed by atoms with Crippen molar-refractivity contribution in [3.8, 4) is 0 Å². The molecule has 0 aliphatic carbocycles. The van der Waals surface area contributed by atoms with E-state index in [1.165, 1.54) is 5.56 Å². The van der Waals surface area contributed by atoms with Crippen LogP contribution in [0.15, 0.2) is 67.3 Å². The number of rotatable bonds is 12. The van der Waals surface area contributed by atoms with Crippen molar-refractivity contribution < 1.29 is 8.85 Å². The molecular weight excluding hydrogens is 348 g/mol. The van der Waals surface area contributed by atoms with Crippen LogP contribution in [-0.2, 0) is 15.3 Å². The molecule has 3 heteroatoms. The normalized spacial score (nSPS) is 14.1. The van der Waals surface area contributed by atoms with E-state index in [0.717, 1.165) is 12.8 Å². The zero-order valence-corrected chi connectivity index (χ0v) is 19.0. The highest BCUT2D eigenvalue weighted by atomic mass is 28.4. The Morgan fingerprint density at radius 3 is 1.93 bits per heavy atom. The highest BCUT2D eigenvalue weighted by Gasteiger charge is 2.47. The molecule has 0 spiro atoms. The van der Waals surface area contributed by atoms with Crippen LogP contribution in [0.2, 0.25) is 11.1 Å². The van der Waals surface area contributed by atoms with Gasteiger partial charge in [0, 0.05) is 0 Å². The van der Waals surface area contributed by atoms with Gasteiger partial charge in [0.15, 0.2) is 0 Å². The fraction of sp³-hybridized carbons (Fsp3) is 0.500. The summed E-state index contributed by atoms with van der Waals surface area (Å²) in [5.74, 6) is 0. The lowest BCUT2D eigenvalue weighted by Crippen LogP contribution is -2.52. The minimum Gasteiger partial charge on any atom is -0.390 e. The first-order valence-corrected chi connectivity index (χ1v) is 12.1. The van der Waals surface area contributed by atoms with Gasteiger partial charge in [-0.1, -0.05) is 88.4 Å². The molecule has 1 atom stereocenters. The van der Waals surface area contributed by atoms with Gasteiger partial charge in [-0.3, -0.25) is 0 Å². The Kier molecular flexibility index (Phi) is 10.6. The van der Waals surface area contributed by atoms with Gasteiger partial charge in [-0.2, -0.15) is 0 Å². The maximum atomic E-state index is 6.91. The van der Waals surface area contributed by atoms with E-state index >= 15 is 0 Å². The van der Waals surface area contributed by atoms with Crippen LogP contribution in [0, 0.1) is 0 Å². The molecule has 0 fully saturated rings. The van der Waals surface area contributed by atoms with Crippen molar-refractivity contribution in [1.82, 2.24) is 0 Å². The van der Waals surface area contributed by atoms with E-state index in [1.807, 2.05) is 19.9 Å². The lowest BCUT2D eigenvalue weighted by atomic mass is 10.1. The third-order valence-electron chi connectivity index (χ3n) is 4.78. The Labute approximate surface area is 168 Å². The molecule has 0 amide bonds. The first kappa shape index (κ1) is 23.6. The maximum absolute atomic E-state index is 6.91. The summed E-state index contributed by atoms with van der Waals surface area (Å²) in [5.41, 5.74) is 1.98. The second kappa shape index (κ2) is 12.1. The second-order valence-corrected chi connectivity index (χ2v) is 11.8. The van der Waals surface area contributed by atoms with Crippen molar-refractivity contribution >= 4 is 8.56 Å². The van der Waals surface area contributed by atoms with Gasteiger partial charge in [0.1, 0.15) is 0 Å². The molecule has 0 saturated carbocycles. The van der Waals surface area contributed by atoms with E-state index in [9.17, 15) is 0 Å². The molecule has 0 saturated heterocycles. The van der Waals surface area contributed by atoms with Crippen molar-refractivity contribution in [3.63, 3.8) is 0 Å². The standard InChI is InChI=1S/C24H38O2Si/c1-8-14-23(15-9-2)25-27(20(4)5,21(6)7)26-24(16-10-3)19-22-17-12-11-13-18-22/h8-15,17-18,20-21,23-24H,3,16,19H2,1-2,4-7H3/b14-8+,15-9+. The van der Waals surface area contributed by atoms with Crippen molar-refractivity contribution in [2.75, 3.05) is 0 Å². The molecule has 1 aromatic rings. The van der Waals surface area contributed by atoms with E-state index in [2.05, 4.69) is 88.9 Å². The molecule has 27 heavy (non-hydrogen) atoms. The van der Waals surface area contributed by atoms with Gasteiger partial charge < -0.3 is 8.85 Å². The molecule has 0 bridgehead atoms. The Morgan fingerprint density at radius 1 is 0.926 bits per heavy atom. The van der Waals surface area contributed by atoms with E-state index in [1.54, 1.807) is 0 Å². The van der Waals surface area contributed by atoms with Crippen LogP contribution in [0.5, 0.6) is 0 Å². The predicted molar refractivity (Wildman–Crippen MR) is 120 cm³/mol. The van der Waals surface area contributed by atoms with Gasteiger partial charge in [0.2, 0.25) is 0 Å². The summed E-state index contributed by atoms with van der Waals surface area (Å²) in [6.07, 6.45) is 12.0. The number of hydrogen-bond acceptors (Lipinski definition) is 2. The number of allylic oxidation sites excluding steroid dienone is 2. The SMILES string of the molecule is C=CCC(Cc1ccccc1)O[Si](OC(/C=C/C)/C=C/C)(C(C)C)C(C)C. The van der Waals surface area contributed by atoms with Gasteiger partial charge in [0.05, 0.1) is 12.2 Å². The smallest absolute Gasteiger partial charge is 0.344 e. The Bertz CT molecular complexity index is 570. The van der Waals surface area contributed by atoms with E-state index in [-0.39, 0.29) is 12.2 Å². The molecule has 0 N–H and O–H groups in total. The maximum Gasteiger partial charge on any atom is 0.344 e. The summed E-state index contributed by atoms with van der Waals surface area (Å²) in [6, 6.07) is 10.5. The zero-order valence-electron chi connectivity index (χ0n) is 18.0. The Morgan fingerprint density at radius 2 is 1.48 bits per heavy atom. The second-order valence-electron chi connectivity index (χ2n) is 7.62. The highest BCUT2D eigenvalue weighted by Crippen LogP contribution is 2.38. The van der Waals surface area contributed by atoms with E-state index in [0.29, 0.717) is 11.1 Å². The van der Waals surface area contributed by atoms with Gasteiger partial charge in [-0.25, -0.2) is 0 Å². The van der Waals surface area contributed by atoms with Crippen LogP contribution in [0.1, 0.15) is 53.5 Å². The van der Waals surface area contributed by atoms with Crippen molar-refractivity contribution in [2.24, 2.45) is 0 Å². The quantitative estimate of drug-likeness (QED) is 0.285. The molecule has 0 aromatic heterocycles. The third kappa shape index (κ3) is 7.25. The van der Waals surface area contributed by atoms with Crippen molar-refractivity contribution in [2.45, 2.75) is 77.7 Å². The zero-order chi connectivity index (χ0) is 20.3. The molecule has 150 valence electrons. The molecule has 0 aliphatic rings. The molecular formula is C24H38O2Si. The molecule has 0 aliphatic heterocycles. The summed E-state index contributed by atoms with van der Waals surface area (Å²) >= 11 is 0. The third-order valence-corrected chi connectivity index (χ3v) is 9.34. The average molecular weight is 387 g/mol. The Balaban J connectivity index is 3.16. The van der Waals surface area contributed by atoms with Crippen LogP contribution in [0.25, 0.3) is 0 Å². The summed E-state index contributed by atoms with van der Waals surface area (Å²) in [5, 5.41) is 0. The van der Waals surface area contributed by atoms with Gasteiger partial charge in [0.25, 0.3) is 0 Å². The topological polar surface area (TPSA) is 18.5 Å². The van der Waals surface area contributed by atoms with Crippen molar-refractivity contribution in [1.29, 1.82) is 0 Å². The molecule has 1 aromatic carbocycles. The lowest BCUT2D eigenvalue weighted by Gasteiger charge is -2.41. The van der Waals surface area contributed by atoms with E-state index in [4.69, 9.17) is 8.85 Å². The fourth-order valence-corrected chi connectivity index (χ4v) is 7.23. The minimum absolute atomic E-state index is 0.0439. The molecule has 2 nitrogen and oxygen atoms in total. The number of hydrogen-bond donors (Lipinski definition) is 0. The van der Waals surface area contributed by atoms with Crippen LogP contribution in [0.3, 0.4) is 0 Å². The summed E-state index contributed by atoms with van der Waals surface area (Å²) in [7, 11) is -2.49. The molecule has 1 rings (SSSR count). The molecule has 0 heterocycles. The van der Waals surface area contributed by atoms with Crippen LogP contribution in [0.4, 0.5) is 0 Å². The lowest BCUT2D eigenvalue weighted by molar-refractivity contribution is 0.0940. The van der Waals surface area contributed by atoms with Gasteiger partial charge in [-0.15, -0.1) is 6.58 Å². The Hall–Kier alpha value is -1.42. The van der Waals surface area contributed by atoms with E-state index < -0.39 is 8.56 Å². The van der Waals surface area contributed by atoms with Crippen LogP contribution < -0.4 is 0 Å². The molecule has 1 unspecified atom stereocenters.